The van der Waals surface area contributed by atoms with Gasteiger partial charge in [0.05, 0.1) is 18.6 Å². The summed E-state index contributed by atoms with van der Waals surface area (Å²) >= 11 is 7.05. The van der Waals surface area contributed by atoms with Gasteiger partial charge in [-0.15, -0.1) is 0 Å². The van der Waals surface area contributed by atoms with Crippen LogP contribution < -0.4 is 0 Å². The summed E-state index contributed by atoms with van der Waals surface area (Å²) in [6.45, 7) is 6.03. The predicted molar refractivity (Wildman–Crippen MR) is 163 cm³/mol. The van der Waals surface area contributed by atoms with Gasteiger partial charge in [0.15, 0.2) is 5.54 Å². The van der Waals surface area contributed by atoms with Crippen LogP contribution in [0, 0.1) is 11.3 Å². The van der Waals surface area contributed by atoms with Gasteiger partial charge in [-0.3, -0.25) is 9.69 Å². The van der Waals surface area contributed by atoms with E-state index in [0.29, 0.717) is 21.2 Å². The number of esters is 1. The zero-order valence-electron chi connectivity index (χ0n) is 21.6. The fraction of sp³-hybridized carbons (Fsp3) is 0.121. The third-order valence-corrected chi connectivity index (χ3v) is 8.27. The van der Waals surface area contributed by atoms with E-state index in [2.05, 4.69) is 44.5 Å². The summed E-state index contributed by atoms with van der Waals surface area (Å²) in [6, 6.07) is 30.5. The number of carbonyl (C=O) groups is 2. The minimum absolute atomic E-state index is 0.0773. The molecule has 0 aliphatic carbocycles. The number of nitrogens with zero attached hydrogens (tertiary/aromatic N) is 2. The maximum absolute atomic E-state index is 14.3. The van der Waals surface area contributed by atoms with E-state index in [1.807, 2.05) is 66.7 Å². The number of carbonyl (C=O) groups excluding carboxylic acids is 2. The second kappa shape index (κ2) is 11.2. The van der Waals surface area contributed by atoms with E-state index in [9.17, 15) is 14.9 Å². The molecule has 0 unspecified atom stereocenters. The number of hydrogen-bond acceptors (Lipinski definition) is 4. The SMILES string of the molecule is C=C(C(=O)OCC)[C@@H](c1ccc2ccccc2c1)[C@]1(C#N)c2ccccc2C(Br)=CN1C(=O)c1ccc(Br)cc1. The molecule has 0 fully saturated rings. The Kier molecular flexibility index (Phi) is 7.75. The Hall–Kier alpha value is -3.99. The number of ether oxygens (including phenoxy) is 1. The number of halogens is 2. The van der Waals surface area contributed by atoms with Crippen molar-refractivity contribution in [3.05, 3.63) is 136 Å². The third-order valence-electron chi connectivity index (χ3n) is 7.11. The fourth-order valence-corrected chi connectivity index (χ4v) is 6.10. The van der Waals surface area contributed by atoms with E-state index in [4.69, 9.17) is 4.74 Å². The van der Waals surface area contributed by atoms with Gasteiger partial charge in [-0.25, -0.2) is 4.79 Å². The first-order valence-corrected chi connectivity index (χ1v) is 14.2. The molecule has 1 aliphatic heterocycles. The quantitative estimate of drug-likeness (QED) is 0.156. The number of nitriles is 1. The van der Waals surface area contributed by atoms with Crippen LogP contribution in [-0.2, 0) is 15.1 Å². The lowest BCUT2D eigenvalue weighted by molar-refractivity contribution is -0.139. The van der Waals surface area contributed by atoms with Crippen molar-refractivity contribution in [2.24, 2.45) is 0 Å². The van der Waals surface area contributed by atoms with Crippen LogP contribution in [0.3, 0.4) is 0 Å². The van der Waals surface area contributed by atoms with E-state index >= 15 is 0 Å². The van der Waals surface area contributed by atoms with E-state index in [-0.39, 0.29) is 12.2 Å². The first kappa shape index (κ1) is 27.6. The molecule has 4 aromatic carbocycles. The van der Waals surface area contributed by atoms with Crippen molar-refractivity contribution >= 4 is 59.0 Å². The third kappa shape index (κ3) is 4.68. The van der Waals surface area contributed by atoms with Crippen molar-refractivity contribution in [3.8, 4) is 6.07 Å². The molecule has 0 spiro atoms. The van der Waals surface area contributed by atoms with Gasteiger partial charge in [-0.2, -0.15) is 5.26 Å². The molecule has 0 saturated carbocycles. The molecule has 5 rings (SSSR count). The number of benzene rings is 4. The van der Waals surface area contributed by atoms with Crippen molar-refractivity contribution in [1.82, 2.24) is 4.90 Å². The molecule has 2 atom stereocenters. The van der Waals surface area contributed by atoms with Crippen LogP contribution in [0.15, 0.2) is 114 Å². The second-order valence-corrected chi connectivity index (χ2v) is 11.1. The molecule has 1 heterocycles. The van der Waals surface area contributed by atoms with Crippen LogP contribution in [-0.4, -0.2) is 23.4 Å². The summed E-state index contributed by atoms with van der Waals surface area (Å²) in [5.74, 6) is -1.99. The maximum atomic E-state index is 14.3. The van der Waals surface area contributed by atoms with Gasteiger partial charge in [0.2, 0.25) is 0 Å². The Labute approximate surface area is 249 Å². The van der Waals surface area contributed by atoms with Crippen molar-refractivity contribution in [2.45, 2.75) is 18.4 Å². The zero-order valence-corrected chi connectivity index (χ0v) is 24.8. The monoisotopic (exact) mass is 654 g/mol. The molecule has 1 amide bonds. The van der Waals surface area contributed by atoms with Crippen LogP contribution in [0.25, 0.3) is 15.3 Å². The Morgan fingerprint density at radius 2 is 1.65 bits per heavy atom. The second-order valence-electron chi connectivity index (χ2n) is 9.37. The topological polar surface area (TPSA) is 70.4 Å². The van der Waals surface area contributed by atoms with Crippen molar-refractivity contribution in [2.75, 3.05) is 6.61 Å². The summed E-state index contributed by atoms with van der Waals surface area (Å²) in [7, 11) is 0. The number of amides is 1. The Bertz CT molecular complexity index is 1720. The predicted octanol–water partition coefficient (Wildman–Crippen LogP) is 8.07. The smallest absolute Gasteiger partial charge is 0.334 e. The number of rotatable bonds is 6. The molecule has 40 heavy (non-hydrogen) atoms. The van der Waals surface area contributed by atoms with Crippen LogP contribution in [0.2, 0.25) is 0 Å². The molecule has 0 radical (unpaired) electrons. The van der Waals surface area contributed by atoms with Gasteiger partial charge >= 0.3 is 5.97 Å². The van der Waals surface area contributed by atoms with Crippen LogP contribution in [0.5, 0.6) is 0 Å². The van der Waals surface area contributed by atoms with Crippen molar-refractivity contribution in [1.29, 1.82) is 5.26 Å². The average molecular weight is 656 g/mol. The molecule has 0 N–H and O–H groups in total. The lowest BCUT2D eigenvalue weighted by atomic mass is 9.68. The van der Waals surface area contributed by atoms with Crippen molar-refractivity contribution < 1.29 is 14.3 Å². The number of fused-ring (bicyclic) bond motifs is 2. The van der Waals surface area contributed by atoms with Gasteiger partial charge in [-0.1, -0.05) is 89.2 Å². The molecule has 7 heteroatoms. The molecule has 1 aliphatic rings. The van der Waals surface area contributed by atoms with E-state index in [1.54, 1.807) is 37.4 Å². The molecule has 198 valence electrons. The minimum Gasteiger partial charge on any atom is -0.463 e. The summed E-state index contributed by atoms with van der Waals surface area (Å²) < 4.78 is 6.85. The van der Waals surface area contributed by atoms with Crippen LogP contribution in [0.1, 0.15) is 39.9 Å². The van der Waals surface area contributed by atoms with Gasteiger partial charge in [0.1, 0.15) is 0 Å². The van der Waals surface area contributed by atoms with Gasteiger partial charge in [-0.05, 0) is 69.0 Å². The summed E-state index contributed by atoms with van der Waals surface area (Å²) in [6.07, 6.45) is 1.63. The van der Waals surface area contributed by atoms with Gasteiger partial charge < -0.3 is 4.74 Å². The standard InChI is InChI=1S/C33H24Br2N2O3/c1-3-40-32(39)21(2)30(25-13-12-22-8-4-5-9-24(22)18-25)33(20-36)28-11-7-6-10-27(28)29(35)19-37(33)31(38)23-14-16-26(34)17-15-23/h4-19,30H,2-3H2,1H3/t30-,33-/m0/s1. The average Bonchev–Trinajstić information content (AvgIpc) is 2.98. The highest BCUT2D eigenvalue weighted by Crippen LogP contribution is 2.52. The largest absolute Gasteiger partial charge is 0.463 e. The molecular formula is C33H24Br2N2O3. The van der Waals surface area contributed by atoms with E-state index < -0.39 is 23.3 Å². The summed E-state index contributed by atoms with van der Waals surface area (Å²) in [4.78, 5) is 29.0. The van der Waals surface area contributed by atoms with Crippen LogP contribution in [0.4, 0.5) is 0 Å². The van der Waals surface area contributed by atoms with Gasteiger partial charge in [0, 0.05) is 31.9 Å². The Morgan fingerprint density at radius 3 is 2.35 bits per heavy atom. The summed E-state index contributed by atoms with van der Waals surface area (Å²) in [5, 5.41) is 13.1. The lowest BCUT2D eigenvalue weighted by Crippen LogP contribution is -2.52. The molecular weight excluding hydrogens is 632 g/mol. The molecule has 0 saturated heterocycles. The Morgan fingerprint density at radius 1 is 0.975 bits per heavy atom. The lowest BCUT2D eigenvalue weighted by Gasteiger charge is -2.46. The minimum atomic E-state index is -1.68. The fourth-order valence-electron chi connectivity index (χ4n) is 5.29. The molecule has 5 nitrogen and oxygen atoms in total. The molecule has 4 aromatic rings. The van der Waals surface area contributed by atoms with E-state index in [0.717, 1.165) is 20.8 Å². The highest BCUT2D eigenvalue weighted by molar-refractivity contribution is 9.15. The zero-order chi connectivity index (χ0) is 28.4. The highest BCUT2D eigenvalue weighted by atomic mass is 79.9. The first-order valence-electron chi connectivity index (χ1n) is 12.6. The first-order chi connectivity index (χ1) is 19.3. The Balaban J connectivity index is 1.83. The van der Waals surface area contributed by atoms with E-state index in [1.165, 1.54) is 4.90 Å². The summed E-state index contributed by atoms with van der Waals surface area (Å²) in [5.41, 5.74) is 0.761. The molecule has 0 aromatic heterocycles. The molecule has 0 bridgehead atoms. The maximum Gasteiger partial charge on any atom is 0.334 e. The van der Waals surface area contributed by atoms with Gasteiger partial charge in [0.25, 0.3) is 5.91 Å². The van der Waals surface area contributed by atoms with Crippen molar-refractivity contribution in [3.63, 3.8) is 0 Å². The van der Waals surface area contributed by atoms with Crippen LogP contribution >= 0.6 is 31.9 Å². The normalized spacial score (nSPS) is 16.9. The highest BCUT2D eigenvalue weighted by Gasteiger charge is 2.54. The number of hydrogen-bond donors (Lipinski definition) is 0.